The molecule has 6 heteroatoms. The van der Waals surface area contributed by atoms with Crippen molar-refractivity contribution in [3.05, 3.63) is 11.1 Å². The third kappa shape index (κ3) is 2.66. The van der Waals surface area contributed by atoms with E-state index in [0.29, 0.717) is 24.0 Å². The highest BCUT2D eigenvalue weighted by atomic mass is 32.1. The van der Waals surface area contributed by atoms with Gasteiger partial charge in [-0.05, 0) is 12.8 Å². The summed E-state index contributed by atoms with van der Waals surface area (Å²) in [5.41, 5.74) is 5.86. The number of hydrogen-bond donors (Lipinski definition) is 2. The van der Waals surface area contributed by atoms with E-state index in [1.165, 1.54) is 11.3 Å². The minimum absolute atomic E-state index is 0.144. The number of nitrogen functional groups attached to an aromatic ring is 1. The number of hydrogen-bond acceptors (Lipinski definition) is 5. The predicted octanol–water partition coefficient (Wildman–Crippen LogP) is 0.634. The summed E-state index contributed by atoms with van der Waals surface area (Å²) in [5.74, 6) is -0.144. The molecule has 1 aromatic rings. The number of nitrogens with zero attached hydrogens (tertiary/aromatic N) is 1. The highest BCUT2D eigenvalue weighted by molar-refractivity contribution is 7.13. The summed E-state index contributed by atoms with van der Waals surface area (Å²) in [7, 11) is 0. The molecule has 1 amide bonds. The topological polar surface area (TPSA) is 77.2 Å². The van der Waals surface area contributed by atoms with Gasteiger partial charge in [-0.3, -0.25) is 4.79 Å². The molecule has 2 heterocycles. The highest BCUT2D eigenvalue weighted by Gasteiger charge is 2.18. The molecule has 1 saturated heterocycles. The molecule has 5 nitrogen and oxygen atoms in total. The van der Waals surface area contributed by atoms with Crippen LogP contribution in [0.5, 0.6) is 0 Å². The molecule has 0 unspecified atom stereocenters. The van der Waals surface area contributed by atoms with Gasteiger partial charge in [0.15, 0.2) is 5.13 Å². The number of carbonyl (C=O) groups excluding carboxylic acids is 1. The second-order valence-electron chi connectivity index (χ2n) is 3.43. The maximum atomic E-state index is 11.7. The lowest BCUT2D eigenvalue weighted by molar-refractivity contribution is 0.0694. The van der Waals surface area contributed by atoms with Gasteiger partial charge in [0.2, 0.25) is 0 Å². The van der Waals surface area contributed by atoms with Gasteiger partial charge >= 0.3 is 0 Å². The Kier molecular flexibility index (Phi) is 3.17. The fraction of sp³-hybridized carbons (Fsp3) is 0.556. The van der Waals surface area contributed by atoms with Crippen LogP contribution in [0.4, 0.5) is 5.13 Å². The van der Waals surface area contributed by atoms with Crippen LogP contribution in [0.2, 0.25) is 0 Å². The van der Waals surface area contributed by atoms with Gasteiger partial charge in [0.25, 0.3) is 5.91 Å². The van der Waals surface area contributed by atoms with E-state index >= 15 is 0 Å². The summed E-state index contributed by atoms with van der Waals surface area (Å²) >= 11 is 1.28. The van der Waals surface area contributed by atoms with Crippen LogP contribution in [0.3, 0.4) is 0 Å². The summed E-state index contributed by atoms with van der Waals surface area (Å²) in [6.45, 7) is 1.42. The molecule has 0 bridgehead atoms. The van der Waals surface area contributed by atoms with Crippen molar-refractivity contribution in [1.29, 1.82) is 0 Å². The van der Waals surface area contributed by atoms with Crippen molar-refractivity contribution in [3.63, 3.8) is 0 Å². The lowest BCUT2D eigenvalue weighted by atomic mass is 10.1. The molecular weight excluding hydrogens is 214 g/mol. The van der Waals surface area contributed by atoms with Crippen LogP contribution in [0.1, 0.15) is 23.3 Å². The van der Waals surface area contributed by atoms with Crippen molar-refractivity contribution in [3.8, 4) is 0 Å². The number of nitrogens with two attached hydrogens (primary N) is 1. The second kappa shape index (κ2) is 4.59. The third-order valence-electron chi connectivity index (χ3n) is 2.31. The fourth-order valence-electron chi connectivity index (χ4n) is 1.49. The smallest absolute Gasteiger partial charge is 0.271 e. The fourth-order valence-corrected chi connectivity index (χ4v) is 2.04. The van der Waals surface area contributed by atoms with Crippen molar-refractivity contribution < 1.29 is 9.53 Å². The van der Waals surface area contributed by atoms with Crippen molar-refractivity contribution in [2.24, 2.45) is 0 Å². The minimum atomic E-state index is -0.144. The number of rotatable bonds is 2. The van der Waals surface area contributed by atoms with Gasteiger partial charge in [0.1, 0.15) is 5.69 Å². The van der Waals surface area contributed by atoms with Crippen molar-refractivity contribution in [1.82, 2.24) is 10.3 Å². The van der Waals surface area contributed by atoms with Gasteiger partial charge in [-0.15, -0.1) is 11.3 Å². The van der Waals surface area contributed by atoms with Gasteiger partial charge < -0.3 is 15.8 Å². The molecule has 15 heavy (non-hydrogen) atoms. The van der Waals surface area contributed by atoms with E-state index in [1.54, 1.807) is 5.38 Å². The number of anilines is 1. The summed E-state index contributed by atoms with van der Waals surface area (Å²) in [5, 5.41) is 5.01. The summed E-state index contributed by atoms with van der Waals surface area (Å²) in [4.78, 5) is 15.6. The molecule has 0 atom stereocenters. The second-order valence-corrected chi connectivity index (χ2v) is 4.32. The molecule has 0 saturated carbocycles. The average molecular weight is 227 g/mol. The molecule has 1 fully saturated rings. The van der Waals surface area contributed by atoms with E-state index in [2.05, 4.69) is 10.3 Å². The first-order chi connectivity index (χ1) is 7.25. The Labute approximate surface area is 91.6 Å². The Bertz CT molecular complexity index is 347. The average Bonchev–Trinajstić information content (AvgIpc) is 2.66. The zero-order chi connectivity index (χ0) is 10.7. The van der Waals surface area contributed by atoms with Crippen LogP contribution in [-0.2, 0) is 4.74 Å². The quantitative estimate of drug-likeness (QED) is 0.777. The van der Waals surface area contributed by atoms with Crippen molar-refractivity contribution in [2.45, 2.75) is 18.9 Å². The molecule has 82 valence electrons. The van der Waals surface area contributed by atoms with Crippen LogP contribution >= 0.6 is 11.3 Å². The van der Waals surface area contributed by atoms with Gasteiger partial charge in [0, 0.05) is 24.6 Å². The first-order valence-electron chi connectivity index (χ1n) is 4.85. The maximum Gasteiger partial charge on any atom is 0.271 e. The standard InChI is InChI=1S/C9H13N3O2S/c10-9-12-7(5-15-9)8(13)11-6-1-3-14-4-2-6/h5-6H,1-4H2,(H2,10,12)(H,11,13). The largest absolute Gasteiger partial charge is 0.381 e. The van der Waals surface area contributed by atoms with Crippen molar-refractivity contribution >= 4 is 22.4 Å². The van der Waals surface area contributed by atoms with Crippen LogP contribution < -0.4 is 11.1 Å². The number of ether oxygens (including phenoxy) is 1. The molecule has 3 N–H and O–H groups in total. The molecule has 0 radical (unpaired) electrons. The molecule has 1 aliphatic rings. The van der Waals surface area contributed by atoms with E-state index in [1.807, 2.05) is 0 Å². The Morgan fingerprint density at radius 3 is 2.93 bits per heavy atom. The number of carbonyl (C=O) groups is 1. The van der Waals surface area contributed by atoms with E-state index in [0.717, 1.165) is 12.8 Å². The summed E-state index contributed by atoms with van der Waals surface area (Å²) in [6.07, 6.45) is 1.73. The van der Waals surface area contributed by atoms with E-state index < -0.39 is 0 Å². The molecule has 1 aromatic heterocycles. The number of amides is 1. The van der Waals surface area contributed by atoms with Gasteiger partial charge in [-0.1, -0.05) is 0 Å². The summed E-state index contributed by atoms with van der Waals surface area (Å²) < 4.78 is 5.21. The molecular formula is C9H13N3O2S. The van der Waals surface area contributed by atoms with Gasteiger partial charge in [0.05, 0.1) is 0 Å². The van der Waals surface area contributed by atoms with E-state index in [-0.39, 0.29) is 11.9 Å². The number of aromatic nitrogens is 1. The Balaban J connectivity index is 1.91. The number of nitrogens with one attached hydrogen (secondary N) is 1. The Hall–Kier alpha value is -1.14. The normalized spacial score (nSPS) is 17.6. The number of thiazole rings is 1. The van der Waals surface area contributed by atoms with Gasteiger partial charge in [-0.25, -0.2) is 4.98 Å². The Morgan fingerprint density at radius 1 is 1.60 bits per heavy atom. The molecule has 0 aromatic carbocycles. The maximum absolute atomic E-state index is 11.7. The van der Waals surface area contributed by atoms with Crippen LogP contribution in [0.25, 0.3) is 0 Å². The highest BCUT2D eigenvalue weighted by Crippen LogP contribution is 2.12. The van der Waals surface area contributed by atoms with Crippen molar-refractivity contribution in [2.75, 3.05) is 18.9 Å². The molecule has 0 aliphatic carbocycles. The minimum Gasteiger partial charge on any atom is -0.381 e. The predicted molar refractivity (Wildman–Crippen MR) is 57.8 cm³/mol. The SMILES string of the molecule is Nc1nc(C(=O)NC2CCOCC2)cs1. The lowest BCUT2D eigenvalue weighted by Crippen LogP contribution is -2.39. The van der Waals surface area contributed by atoms with Gasteiger partial charge in [-0.2, -0.15) is 0 Å². The molecule has 0 spiro atoms. The molecule has 2 rings (SSSR count). The van der Waals surface area contributed by atoms with E-state index in [4.69, 9.17) is 10.5 Å². The van der Waals surface area contributed by atoms with Crippen LogP contribution in [0.15, 0.2) is 5.38 Å². The van der Waals surface area contributed by atoms with E-state index in [9.17, 15) is 4.79 Å². The zero-order valence-corrected chi connectivity index (χ0v) is 9.05. The molecule has 1 aliphatic heterocycles. The Morgan fingerprint density at radius 2 is 2.33 bits per heavy atom. The lowest BCUT2D eigenvalue weighted by Gasteiger charge is -2.22. The third-order valence-corrected chi connectivity index (χ3v) is 2.98. The summed E-state index contributed by atoms with van der Waals surface area (Å²) in [6, 6.07) is 0.203. The van der Waals surface area contributed by atoms with Crippen LogP contribution in [0, 0.1) is 0 Å². The van der Waals surface area contributed by atoms with Crippen LogP contribution in [-0.4, -0.2) is 30.1 Å². The zero-order valence-electron chi connectivity index (χ0n) is 8.23. The first kappa shape index (κ1) is 10.4. The monoisotopic (exact) mass is 227 g/mol. The first-order valence-corrected chi connectivity index (χ1v) is 5.73.